The number of hydrogen-bond acceptors (Lipinski definition) is 5. The largest absolute Gasteiger partial charge is 0.477 e. The van der Waals surface area contributed by atoms with E-state index < -0.39 is 0 Å². The zero-order chi connectivity index (χ0) is 15.8. The fraction of sp³-hybridized carbons (Fsp3) is 0.765. The fourth-order valence-electron chi connectivity index (χ4n) is 2.64. The Balaban J connectivity index is 1.69. The lowest BCUT2D eigenvalue weighted by molar-refractivity contribution is 0.260. The summed E-state index contributed by atoms with van der Waals surface area (Å²) in [5, 5.41) is 3.39. The van der Waals surface area contributed by atoms with Crippen LogP contribution in [0.1, 0.15) is 45.4 Å². The highest BCUT2D eigenvalue weighted by atomic mass is 16.5. The molecule has 1 fully saturated rings. The molecule has 1 N–H and O–H groups in total. The van der Waals surface area contributed by atoms with Gasteiger partial charge in [-0.05, 0) is 58.2 Å². The van der Waals surface area contributed by atoms with Gasteiger partial charge in [-0.1, -0.05) is 13.8 Å². The maximum absolute atomic E-state index is 5.69. The molecule has 0 radical (unpaired) electrons. The number of aryl methyl sites for hydroxylation is 1. The molecule has 5 nitrogen and oxygen atoms in total. The van der Waals surface area contributed by atoms with Gasteiger partial charge in [-0.3, -0.25) is 0 Å². The zero-order valence-electron chi connectivity index (χ0n) is 14.3. The Morgan fingerprint density at radius 1 is 1.23 bits per heavy atom. The van der Waals surface area contributed by atoms with Crippen LogP contribution in [0.15, 0.2) is 6.07 Å². The monoisotopic (exact) mass is 306 g/mol. The Labute approximate surface area is 134 Å². The van der Waals surface area contributed by atoms with Gasteiger partial charge in [-0.25, -0.2) is 4.98 Å². The molecular weight excluding hydrogens is 276 g/mol. The molecule has 22 heavy (non-hydrogen) atoms. The summed E-state index contributed by atoms with van der Waals surface area (Å²) in [6.07, 6.45) is 5.16. The van der Waals surface area contributed by atoms with Crippen LogP contribution in [-0.2, 0) is 0 Å². The maximum Gasteiger partial charge on any atom is 0.218 e. The summed E-state index contributed by atoms with van der Waals surface area (Å²) in [7, 11) is 0. The number of aromatic nitrogens is 2. The molecule has 1 saturated heterocycles. The molecule has 1 aliphatic rings. The average molecular weight is 306 g/mol. The second-order valence-electron chi connectivity index (χ2n) is 6.53. The van der Waals surface area contributed by atoms with Crippen molar-refractivity contribution < 1.29 is 4.74 Å². The summed E-state index contributed by atoms with van der Waals surface area (Å²) < 4.78 is 5.69. The van der Waals surface area contributed by atoms with E-state index in [1.165, 1.54) is 45.3 Å². The van der Waals surface area contributed by atoms with Crippen LogP contribution in [0, 0.1) is 12.8 Å². The Kier molecular flexibility index (Phi) is 6.90. The summed E-state index contributed by atoms with van der Waals surface area (Å²) >= 11 is 0. The summed E-state index contributed by atoms with van der Waals surface area (Å²) in [5.74, 6) is 2.78. The second-order valence-corrected chi connectivity index (χ2v) is 6.53. The van der Waals surface area contributed by atoms with Crippen molar-refractivity contribution in [1.29, 1.82) is 0 Å². The molecule has 0 saturated carbocycles. The molecule has 0 aromatic carbocycles. The zero-order valence-corrected chi connectivity index (χ0v) is 14.3. The quantitative estimate of drug-likeness (QED) is 0.710. The third-order valence-corrected chi connectivity index (χ3v) is 3.78. The van der Waals surface area contributed by atoms with E-state index in [4.69, 9.17) is 4.74 Å². The predicted molar refractivity (Wildman–Crippen MR) is 90.5 cm³/mol. The van der Waals surface area contributed by atoms with Crippen molar-refractivity contribution in [1.82, 2.24) is 14.9 Å². The smallest absolute Gasteiger partial charge is 0.218 e. The molecule has 5 heteroatoms. The number of nitrogens with zero attached hydrogens (tertiary/aromatic N) is 3. The number of ether oxygens (including phenoxy) is 1. The maximum atomic E-state index is 5.69. The SMILES string of the molecule is Cc1nc(NCCCCN2CCCC2)cc(OCC(C)C)n1. The molecule has 1 aromatic heterocycles. The van der Waals surface area contributed by atoms with Gasteiger partial charge in [0, 0.05) is 12.6 Å². The molecule has 1 aromatic rings. The summed E-state index contributed by atoms with van der Waals surface area (Å²) in [6, 6.07) is 1.90. The van der Waals surface area contributed by atoms with Crippen molar-refractivity contribution >= 4 is 5.82 Å². The van der Waals surface area contributed by atoms with Crippen LogP contribution in [0.3, 0.4) is 0 Å². The molecule has 0 aliphatic carbocycles. The summed E-state index contributed by atoms with van der Waals surface area (Å²) in [5.41, 5.74) is 0. The van der Waals surface area contributed by atoms with Crippen molar-refractivity contribution in [3.8, 4) is 5.88 Å². The number of nitrogens with one attached hydrogen (secondary N) is 1. The van der Waals surface area contributed by atoms with E-state index in [1.807, 2.05) is 13.0 Å². The van der Waals surface area contributed by atoms with E-state index >= 15 is 0 Å². The Bertz CT molecular complexity index is 444. The van der Waals surface area contributed by atoms with E-state index in [9.17, 15) is 0 Å². The Morgan fingerprint density at radius 3 is 2.73 bits per heavy atom. The molecule has 2 heterocycles. The Morgan fingerprint density at radius 2 is 2.00 bits per heavy atom. The first-order valence-corrected chi connectivity index (χ1v) is 8.58. The van der Waals surface area contributed by atoms with Crippen molar-refractivity contribution in [3.05, 3.63) is 11.9 Å². The van der Waals surface area contributed by atoms with E-state index in [-0.39, 0.29) is 0 Å². The average Bonchev–Trinajstić information content (AvgIpc) is 2.97. The molecule has 0 amide bonds. The number of hydrogen-bond donors (Lipinski definition) is 1. The van der Waals surface area contributed by atoms with Gasteiger partial charge in [0.15, 0.2) is 0 Å². The van der Waals surface area contributed by atoms with Crippen molar-refractivity contribution in [2.75, 3.05) is 38.1 Å². The predicted octanol–water partition coefficient (Wildman–Crippen LogP) is 3.11. The third kappa shape index (κ3) is 6.18. The van der Waals surface area contributed by atoms with Gasteiger partial charge >= 0.3 is 0 Å². The fourth-order valence-corrected chi connectivity index (χ4v) is 2.64. The van der Waals surface area contributed by atoms with Crippen molar-refractivity contribution in [2.45, 2.75) is 46.5 Å². The molecule has 1 aliphatic heterocycles. The second kappa shape index (κ2) is 8.93. The standard InChI is InChI=1S/C17H30N4O/c1-14(2)13-22-17-12-16(19-15(3)20-17)18-8-4-5-9-21-10-6-7-11-21/h12,14H,4-11,13H2,1-3H3,(H,18,19,20). The lowest BCUT2D eigenvalue weighted by atomic mass is 10.2. The highest BCUT2D eigenvalue weighted by Gasteiger charge is 2.10. The van der Waals surface area contributed by atoms with Crippen LogP contribution in [0.4, 0.5) is 5.82 Å². The minimum atomic E-state index is 0.497. The minimum Gasteiger partial charge on any atom is -0.477 e. The Hall–Kier alpha value is -1.36. The van der Waals surface area contributed by atoms with Crippen LogP contribution >= 0.6 is 0 Å². The van der Waals surface area contributed by atoms with Gasteiger partial charge in [0.2, 0.25) is 5.88 Å². The van der Waals surface area contributed by atoms with Gasteiger partial charge < -0.3 is 15.0 Å². The van der Waals surface area contributed by atoms with Gasteiger partial charge in [0.05, 0.1) is 6.61 Å². The first-order valence-electron chi connectivity index (χ1n) is 8.58. The van der Waals surface area contributed by atoms with E-state index in [1.54, 1.807) is 0 Å². The topological polar surface area (TPSA) is 50.3 Å². The number of rotatable bonds is 9. The first-order chi connectivity index (χ1) is 10.6. The lowest BCUT2D eigenvalue weighted by Crippen LogP contribution is -2.21. The molecule has 0 bridgehead atoms. The van der Waals surface area contributed by atoms with E-state index in [0.29, 0.717) is 18.4 Å². The number of likely N-dealkylation sites (tertiary alicyclic amines) is 1. The van der Waals surface area contributed by atoms with Crippen LogP contribution in [0.25, 0.3) is 0 Å². The first kappa shape index (κ1) is 17.0. The lowest BCUT2D eigenvalue weighted by Gasteiger charge is -2.14. The van der Waals surface area contributed by atoms with Crippen LogP contribution in [-0.4, -0.2) is 47.7 Å². The van der Waals surface area contributed by atoms with Crippen LogP contribution in [0.2, 0.25) is 0 Å². The minimum absolute atomic E-state index is 0.497. The van der Waals surface area contributed by atoms with Gasteiger partial charge in [0.1, 0.15) is 11.6 Å². The van der Waals surface area contributed by atoms with Crippen molar-refractivity contribution in [2.24, 2.45) is 5.92 Å². The molecule has 0 spiro atoms. The molecule has 0 unspecified atom stereocenters. The van der Waals surface area contributed by atoms with Crippen LogP contribution in [0.5, 0.6) is 5.88 Å². The highest BCUT2D eigenvalue weighted by Crippen LogP contribution is 2.14. The molecular formula is C17H30N4O. The molecule has 0 atom stereocenters. The molecule has 2 rings (SSSR count). The van der Waals surface area contributed by atoms with E-state index in [2.05, 4.69) is 34.0 Å². The molecule has 124 valence electrons. The third-order valence-electron chi connectivity index (χ3n) is 3.78. The van der Waals surface area contributed by atoms with Crippen molar-refractivity contribution in [3.63, 3.8) is 0 Å². The van der Waals surface area contributed by atoms with Gasteiger partial charge in [0.25, 0.3) is 0 Å². The number of unbranched alkanes of at least 4 members (excludes halogenated alkanes) is 1. The summed E-state index contributed by atoms with van der Waals surface area (Å²) in [4.78, 5) is 11.3. The van der Waals surface area contributed by atoms with Gasteiger partial charge in [-0.15, -0.1) is 0 Å². The number of anilines is 1. The van der Waals surface area contributed by atoms with E-state index in [0.717, 1.165) is 18.2 Å². The normalized spacial score (nSPS) is 15.5. The van der Waals surface area contributed by atoms with Crippen LogP contribution < -0.4 is 10.1 Å². The van der Waals surface area contributed by atoms with Gasteiger partial charge in [-0.2, -0.15) is 4.98 Å². The highest BCUT2D eigenvalue weighted by molar-refractivity contribution is 5.38. The summed E-state index contributed by atoms with van der Waals surface area (Å²) in [6.45, 7) is 11.6.